The fourth-order valence-electron chi connectivity index (χ4n) is 3.01. The largest absolute Gasteiger partial charge is 0.486 e. The van der Waals surface area contributed by atoms with Gasteiger partial charge in [0.25, 0.3) is 0 Å². The number of fused-ring (bicyclic) bond motifs is 2. The number of carbonyl (C=O) groups is 1. The van der Waals surface area contributed by atoms with E-state index in [2.05, 4.69) is 14.7 Å². The van der Waals surface area contributed by atoms with Gasteiger partial charge in [-0.3, -0.25) is 4.98 Å². The molecule has 2 heterocycles. The minimum Gasteiger partial charge on any atom is -0.486 e. The predicted molar refractivity (Wildman–Crippen MR) is 123 cm³/mol. The molecule has 4 rings (SSSR count). The van der Waals surface area contributed by atoms with Crippen molar-refractivity contribution in [2.75, 3.05) is 14.2 Å². The molecule has 4 aromatic rings. The van der Waals surface area contributed by atoms with Crippen LogP contribution in [0.4, 0.5) is 0 Å². The van der Waals surface area contributed by atoms with Gasteiger partial charge in [0.1, 0.15) is 5.15 Å². The first-order chi connectivity index (χ1) is 14.4. The molecule has 5 nitrogen and oxygen atoms in total. The Morgan fingerprint density at radius 2 is 1.43 bits per heavy atom. The molecule has 0 radical (unpaired) electrons. The summed E-state index contributed by atoms with van der Waals surface area (Å²) >= 11 is 11.0. The molecule has 0 aliphatic heterocycles. The predicted octanol–water partition coefficient (Wildman–Crippen LogP) is 5.54. The quantitative estimate of drug-likeness (QED) is 0.232. The van der Waals surface area contributed by atoms with E-state index in [9.17, 15) is 4.79 Å². The smallest absolute Gasteiger partial charge is 0.338 e. The Kier molecular flexibility index (Phi) is 6.92. The van der Waals surface area contributed by atoms with Crippen LogP contribution >= 0.6 is 23.8 Å². The van der Waals surface area contributed by atoms with E-state index in [4.69, 9.17) is 28.6 Å². The first kappa shape index (κ1) is 21.6. The SMILES string of the molecule is COC(=O)c1cc(Cl)nc2ccccc12.COC(=S)c1cc(C)nc2ccccc12. The number of aromatic nitrogens is 2. The number of hydrogen-bond donors (Lipinski definition) is 0. The summed E-state index contributed by atoms with van der Waals surface area (Å²) in [5.41, 5.74) is 3.96. The van der Waals surface area contributed by atoms with E-state index in [1.165, 1.54) is 13.2 Å². The number of methoxy groups -OCH3 is 2. The van der Waals surface area contributed by atoms with Gasteiger partial charge in [-0.15, -0.1) is 0 Å². The first-order valence-corrected chi connectivity index (χ1v) is 9.81. The van der Waals surface area contributed by atoms with E-state index in [1.807, 2.05) is 55.5 Å². The van der Waals surface area contributed by atoms with Crippen LogP contribution in [0.25, 0.3) is 21.8 Å². The molecule has 2 aromatic carbocycles. The first-order valence-electron chi connectivity index (χ1n) is 9.03. The second kappa shape index (κ2) is 9.61. The molecular weight excluding hydrogens is 420 g/mol. The molecule has 0 aliphatic carbocycles. The Labute approximate surface area is 184 Å². The highest BCUT2D eigenvalue weighted by Gasteiger charge is 2.12. The molecule has 0 spiro atoms. The second-order valence-electron chi connectivity index (χ2n) is 6.32. The third kappa shape index (κ3) is 4.72. The molecule has 7 heteroatoms. The third-order valence-corrected chi connectivity index (χ3v) is 4.92. The zero-order valence-corrected chi connectivity index (χ0v) is 18.3. The van der Waals surface area contributed by atoms with Gasteiger partial charge in [0.2, 0.25) is 0 Å². The minimum atomic E-state index is -0.407. The lowest BCUT2D eigenvalue weighted by molar-refractivity contribution is 0.0603. The fourth-order valence-corrected chi connectivity index (χ4v) is 3.38. The number of carbonyl (C=O) groups excluding carboxylic acids is 1. The van der Waals surface area contributed by atoms with E-state index >= 15 is 0 Å². The van der Waals surface area contributed by atoms with Gasteiger partial charge < -0.3 is 9.47 Å². The van der Waals surface area contributed by atoms with Crippen LogP contribution in [-0.2, 0) is 9.47 Å². The number of para-hydroxylation sites is 2. The monoisotopic (exact) mass is 438 g/mol. The average molecular weight is 439 g/mol. The van der Waals surface area contributed by atoms with Gasteiger partial charge in [-0.1, -0.05) is 48.0 Å². The number of halogens is 1. The summed E-state index contributed by atoms with van der Waals surface area (Å²) in [5, 5.41) is 2.58. The summed E-state index contributed by atoms with van der Waals surface area (Å²) in [7, 11) is 2.93. The highest BCUT2D eigenvalue weighted by atomic mass is 35.5. The molecule has 0 saturated heterocycles. The molecule has 0 amide bonds. The van der Waals surface area contributed by atoms with Crippen molar-refractivity contribution in [2.45, 2.75) is 6.92 Å². The van der Waals surface area contributed by atoms with Crippen molar-refractivity contribution in [1.29, 1.82) is 0 Å². The number of ether oxygens (including phenoxy) is 2. The number of rotatable bonds is 2. The van der Waals surface area contributed by atoms with Crippen LogP contribution < -0.4 is 0 Å². The number of nitrogens with zero attached hydrogens (tertiary/aromatic N) is 2. The number of pyridine rings is 2. The van der Waals surface area contributed by atoms with Gasteiger partial charge in [-0.2, -0.15) is 0 Å². The van der Waals surface area contributed by atoms with Crippen molar-refractivity contribution in [2.24, 2.45) is 0 Å². The molecule has 30 heavy (non-hydrogen) atoms. The van der Waals surface area contributed by atoms with Gasteiger partial charge in [0.05, 0.1) is 30.8 Å². The van der Waals surface area contributed by atoms with Crippen molar-refractivity contribution in [3.8, 4) is 0 Å². The third-order valence-electron chi connectivity index (χ3n) is 4.34. The van der Waals surface area contributed by atoms with Crippen molar-refractivity contribution in [3.05, 3.63) is 82.6 Å². The summed E-state index contributed by atoms with van der Waals surface area (Å²) in [6.07, 6.45) is 0. The van der Waals surface area contributed by atoms with Crippen LogP contribution in [0.15, 0.2) is 60.7 Å². The summed E-state index contributed by atoms with van der Waals surface area (Å²) in [5.74, 6) is -0.407. The van der Waals surface area contributed by atoms with E-state index < -0.39 is 5.97 Å². The molecule has 152 valence electrons. The number of aryl methyl sites for hydroxylation is 1. The highest BCUT2D eigenvalue weighted by Crippen LogP contribution is 2.21. The van der Waals surface area contributed by atoms with Gasteiger partial charge >= 0.3 is 5.97 Å². The molecule has 0 saturated carbocycles. The molecule has 0 N–H and O–H groups in total. The normalized spacial score (nSPS) is 10.3. The fraction of sp³-hybridized carbons (Fsp3) is 0.130. The lowest BCUT2D eigenvalue weighted by atomic mass is 10.1. The maximum Gasteiger partial charge on any atom is 0.338 e. The summed E-state index contributed by atoms with van der Waals surface area (Å²) in [6.45, 7) is 1.95. The Morgan fingerprint density at radius 1 is 0.867 bits per heavy atom. The zero-order valence-electron chi connectivity index (χ0n) is 16.7. The summed E-state index contributed by atoms with van der Waals surface area (Å²) in [6, 6.07) is 18.7. The number of esters is 1. The van der Waals surface area contributed by atoms with Crippen LogP contribution in [0.1, 0.15) is 21.6 Å². The van der Waals surface area contributed by atoms with Crippen LogP contribution in [0.2, 0.25) is 5.15 Å². The lowest BCUT2D eigenvalue weighted by Gasteiger charge is -2.07. The standard InChI is InChI=1S/C12H11NOS.C11H8ClNO2/c1-8-7-10(12(15)14-2)9-5-3-4-6-11(9)13-8;1-15-11(14)8-6-10(12)13-9-5-3-2-4-7(8)9/h3-7H,1-2H3;2-6H,1H3. The van der Waals surface area contributed by atoms with Crippen molar-refractivity contribution in [1.82, 2.24) is 9.97 Å². The summed E-state index contributed by atoms with van der Waals surface area (Å²) < 4.78 is 9.78. The molecule has 0 aliphatic rings. The lowest BCUT2D eigenvalue weighted by Crippen LogP contribution is -2.02. The molecule has 2 aromatic heterocycles. The van der Waals surface area contributed by atoms with E-state index in [0.29, 0.717) is 16.1 Å². The maximum absolute atomic E-state index is 11.5. The van der Waals surface area contributed by atoms with Crippen molar-refractivity contribution < 1.29 is 14.3 Å². The highest BCUT2D eigenvalue weighted by molar-refractivity contribution is 7.80. The topological polar surface area (TPSA) is 61.3 Å². The molecule has 0 unspecified atom stereocenters. The average Bonchev–Trinajstić information content (AvgIpc) is 2.77. The van der Waals surface area contributed by atoms with Crippen molar-refractivity contribution >= 4 is 56.6 Å². The Hall–Kier alpha value is -3.09. The summed E-state index contributed by atoms with van der Waals surface area (Å²) in [4.78, 5) is 20.0. The van der Waals surface area contributed by atoms with Gasteiger partial charge in [-0.05, 0) is 43.4 Å². The Morgan fingerprint density at radius 3 is 2.03 bits per heavy atom. The number of benzene rings is 2. The van der Waals surface area contributed by atoms with Gasteiger partial charge in [0, 0.05) is 22.0 Å². The Bertz CT molecular complexity index is 1150. The van der Waals surface area contributed by atoms with Crippen molar-refractivity contribution in [3.63, 3.8) is 0 Å². The molecule has 0 atom stereocenters. The molecular formula is C23H19ClN2O3S. The maximum atomic E-state index is 11.5. The number of thiocarbonyl (C=S) groups is 1. The molecule has 0 fully saturated rings. The molecule has 0 bridgehead atoms. The minimum absolute atomic E-state index is 0.286. The number of hydrogen-bond acceptors (Lipinski definition) is 6. The van der Waals surface area contributed by atoms with Gasteiger partial charge in [0.15, 0.2) is 5.05 Å². The van der Waals surface area contributed by atoms with Crippen LogP contribution in [0.5, 0.6) is 0 Å². The van der Waals surface area contributed by atoms with E-state index in [1.54, 1.807) is 13.2 Å². The second-order valence-corrected chi connectivity index (χ2v) is 7.08. The van der Waals surface area contributed by atoms with E-state index in [0.717, 1.165) is 27.5 Å². The van der Waals surface area contributed by atoms with E-state index in [-0.39, 0.29) is 5.15 Å². The Balaban J connectivity index is 0.000000171. The van der Waals surface area contributed by atoms with Crippen LogP contribution in [0, 0.1) is 6.92 Å². The van der Waals surface area contributed by atoms with Crippen LogP contribution in [-0.4, -0.2) is 35.2 Å². The zero-order chi connectivity index (χ0) is 21.7. The van der Waals surface area contributed by atoms with Crippen LogP contribution in [0.3, 0.4) is 0 Å². The van der Waals surface area contributed by atoms with Gasteiger partial charge in [-0.25, -0.2) is 9.78 Å².